The fraction of sp³-hybridized carbons (Fsp3) is 0.167. The molecule has 6 nitrogen and oxygen atoms in total. The van der Waals surface area contributed by atoms with Gasteiger partial charge in [0.05, 0.1) is 18.4 Å². The van der Waals surface area contributed by atoms with Crippen molar-refractivity contribution in [3.05, 3.63) is 60.5 Å². The first-order chi connectivity index (χ1) is 12.3. The van der Waals surface area contributed by atoms with E-state index in [9.17, 15) is 4.79 Å². The Hall–Kier alpha value is -2.80. The maximum absolute atomic E-state index is 11.8. The number of carbonyl (C=O) groups excluding carboxylic acids is 1. The highest BCUT2D eigenvalue weighted by Gasteiger charge is 2.14. The van der Waals surface area contributed by atoms with Crippen LogP contribution in [0.3, 0.4) is 0 Å². The quantitative estimate of drug-likeness (QED) is 0.473. The molecule has 0 aliphatic heterocycles. The molecular weight excluding hydrogens is 340 g/mol. The number of carbonyl (C=O) groups is 1. The number of hydrogen-bond donors (Lipinski definition) is 0. The molecule has 25 heavy (non-hydrogen) atoms. The van der Waals surface area contributed by atoms with Gasteiger partial charge in [0.1, 0.15) is 5.75 Å². The molecule has 1 aromatic heterocycles. The highest BCUT2D eigenvalue weighted by molar-refractivity contribution is 8.00. The number of para-hydroxylation sites is 1. The van der Waals surface area contributed by atoms with Crippen LogP contribution < -0.4 is 4.74 Å². The van der Waals surface area contributed by atoms with Gasteiger partial charge >= 0.3 is 5.97 Å². The predicted molar refractivity (Wildman–Crippen MR) is 93.2 cm³/mol. The van der Waals surface area contributed by atoms with Crippen molar-refractivity contribution < 1.29 is 18.8 Å². The topological polar surface area (TPSA) is 74.5 Å². The molecule has 0 spiro atoms. The minimum absolute atomic E-state index is 0.0592. The van der Waals surface area contributed by atoms with Crippen LogP contribution in [0.15, 0.2) is 64.0 Å². The molecule has 0 atom stereocenters. The van der Waals surface area contributed by atoms with Crippen LogP contribution >= 0.6 is 11.8 Å². The highest BCUT2D eigenvalue weighted by atomic mass is 32.2. The van der Waals surface area contributed by atoms with Crippen molar-refractivity contribution in [3.63, 3.8) is 0 Å². The Bertz CT molecular complexity index is 836. The van der Waals surface area contributed by atoms with Gasteiger partial charge in [0.25, 0.3) is 5.89 Å². The molecule has 0 aliphatic carbocycles. The van der Waals surface area contributed by atoms with E-state index in [0.717, 1.165) is 4.90 Å². The number of rotatable bonds is 7. The van der Waals surface area contributed by atoms with E-state index < -0.39 is 0 Å². The second-order valence-corrected chi connectivity index (χ2v) is 6.02. The third-order valence-electron chi connectivity index (χ3n) is 3.27. The number of methoxy groups -OCH3 is 1. The zero-order valence-electron chi connectivity index (χ0n) is 13.5. The fourth-order valence-electron chi connectivity index (χ4n) is 2.10. The molecule has 0 fully saturated rings. The second kappa shape index (κ2) is 8.34. The summed E-state index contributed by atoms with van der Waals surface area (Å²) in [6.45, 7) is -0.0592. The molecule has 0 N–H and O–H groups in total. The number of aromatic nitrogens is 2. The molecular formula is C18H16N2O4S. The highest BCUT2D eigenvalue weighted by Crippen LogP contribution is 2.27. The molecule has 0 saturated carbocycles. The maximum Gasteiger partial charge on any atom is 0.316 e. The third-order valence-corrected chi connectivity index (χ3v) is 4.26. The van der Waals surface area contributed by atoms with Gasteiger partial charge in [0.2, 0.25) is 5.82 Å². The van der Waals surface area contributed by atoms with Crippen molar-refractivity contribution in [2.24, 2.45) is 0 Å². The van der Waals surface area contributed by atoms with E-state index in [1.54, 1.807) is 7.11 Å². The normalized spacial score (nSPS) is 10.4. The summed E-state index contributed by atoms with van der Waals surface area (Å²) in [6, 6.07) is 17.0. The van der Waals surface area contributed by atoms with E-state index in [4.69, 9.17) is 14.0 Å². The van der Waals surface area contributed by atoms with Crippen LogP contribution in [0.1, 0.15) is 5.89 Å². The molecule has 7 heteroatoms. The van der Waals surface area contributed by atoms with Gasteiger partial charge in [-0.1, -0.05) is 35.5 Å². The van der Waals surface area contributed by atoms with Crippen molar-refractivity contribution in [2.45, 2.75) is 11.5 Å². The molecule has 2 aromatic carbocycles. The van der Waals surface area contributed by atoms with Crippen molar-refractivity contribution in [1.82, 2.24) is 10.1 Å². The Morgan fingerprint density at radius 3 is 2.68 bits per heavy atom. The van der Waals surface area contributed by atoms with Gasteiger partial charge in [-0.25, -0.2) is 0 Å². The Labute approximate surface area is 149 Å². The Balaban J connectivity index is 1.54. The first-order valence-corrected chi connectivity index (χ1v) is 8.54. The molecule has 0 radical (unpaired) electrons. The zero-order chi connectivity index (χ0) is 17.5. The number of esters is 1. The van der Waals surface area contributed by atoms with Gasteiger partial charge < -0.3 is 14.0 Å². The molecule has 0 amide bonds. The predicted octanol–water partition coefficient (Wildman–Crippen LogP) is 3.58. The van der Waals surface area contributed by atoms with Crippen molar-refractivity contribution in [2.75, 3.05) is 12.9 Å². The van der Waals surface area contributed by atoms with Crippen LogP contribution in [0.5, 0.6) is 5.75 Å². The molecule has 0 saturated heterocycles. The Morgan fingerprint density at radius 1 is 1.12 bits per heavy atom. The minimum atomic E-state index is -0.342. The summed E-state index contributed by atoms with van der Waals surface area (Å²) in [5, 5.41) is 3.90. The fourth-order valence-corrected chi connectivity index (χ4v) is 2.81. The minimum Gasteiger partial charge on any atom is -0.496 e. The van der Waals surface area contributed by atoms with Crippen LogP contribution in [-0.4, -0.2) is 29.0 Å². The van der Waals surface area contributed by atoms with Crippen LogP contribution in [0.2, 0.25) is 0 Å². The summed E-state index contributed by atoms with van der Waals surface area (Å²) in [7, 11) is 1.58. The third kappa shape index (κ3) is 4.60. The molecule has 3 aromatic rings. The average molecular weight is 356 g/mol. The van der Waals surface area contributed by atoms with E-state index >= 15 is 0 Å². The molecule has 0 bridgehead atoms. The second-order valence-electron chi connectivity index (χ2n) is 4.97. The van der Waals surface area contributed by atoms with E-state index in [-0.39, 0.29) is 24.2 Å². The lowest BCUT2D eigenvalue weighted by molar-refractivity contribution is -0.142. The molecule has 128 valence electrons. The molecule has 0 aliphatic rings. The summed E-state index contributed by atoms with van der Waals surface area (Å²) in [6.07, 6.45) is 0. The SMILES string of the molecule is COc1ccccc1-c1noc(COC(=O)CSc2ccccc2)n1. The van der Waals surface area contributed by atoms with Gasteiger partial charge in [-0.3, -0.25) is 4.79 Å². The van der Waals surface area contributed by atoms with Gasteiger partial charge in [0.15, 0.2) is 6.61 Å². The lowest BCUT2D eigenvalue weighted by Gasteiger charge is -2.03. The van der Waals surface area contributed by atoms with Gasteiger partial charge in [-0.2, -0.15) is 4.98 Å². The lowest BCUT2D eigenvalue weighted by Crippen LogP contribution is -2.07. The molecule has 1 heterocycles. The Morgan fingerprint density at radius 2 is 1.88 bits per heavy atom. The van der Waals surface area contributed by atoms with Crippen LogP contribution in [0.4, 0.5) is 0 Å². The van der Waals surface area contributed by atoms with Crippen LogP contribution in [0, 0.1) is 0 Å². The van der Waals surface area contributed by atoms with E-state index in [0.29, 0.717) is 17.1 Å². The first kappa shape index (κ1) is 17.0. The zero-order valence-corrected chi connectivity index (χ0v) is 14.4. The number of nitrogens with zero attached hydrogens (tertiary/aromatic N) is 2. The largest absolute Gasteiger partial charge is 0.496 e. The smallest absolute Gasteiger partial charge is 0.316 e. The van der Waals surface area contributed by atoms with Crippen molar-refractivity contribution in [3.8, 4) is 17.1 Å². The summed E-state index contributed by atoms with van der Waals surface area (Å²) in [4.78, 5) is 17.1. The molecule has 0 unspecified atom stereocenters. The summed E-state index contributed by atoms with van der Waals surface area (Å²) >= 11 is 1.41. The van der Waals surface area contributed by atoms with Gasteiger partial charge in [0, 0.05) is 4.90 Å². The summed E-state index contributed by atoms with van der Waals surface area (Å²) < 4.78 is 15.6. The first-order valence-electron chi connectivity index (χ1n) is 7.55. The average Bonchev–Trinajstić information content (AvgIpc) is 3.14. The van der Waals surface area contributed by atoms with E-state index in [1.807, 2.05) is 54.6 Å². The van der Waals surface area contributed by atoms with Gasteiger partial charge in [-0.15, -0.1) is 11.8 Å². The Kier molecular flexibility index (Phi) is 5.69. The number of thioether (sulfide) groups is 1. The van der Waals surface area contributed by atoms with Gasteiger partial charge in [-0.05, 0) is 24.3 Å². The van der Waals surface area contributed by atoms with Crippen molar-refractivity contribution >= 4 is 17.7 Å². The summed E-state index contributed by atoms with van der Waals surface area (Å²) in [5.41, 5.74) is 0.714. The van der Waals surface area contributed by atoms with Crippen molar-refractivity contribution in [1.29, 1.82) is 0 Å². The maximum atomic E-state index is 11.8. The lowest BCUT2D eigenvalue weighted by atomic mass is 10.2. The van der Waals surface area contributed by atoms with E-state index in [2.05, 4.69) is 10.1 Å². The standard InChI is InChI=1S/C18H16N2O4S/c1-22-15-10-6-5-9-14(15)18-19-16(24-20-18)11-23-17(21)12-25-13-7-3-2-4-8-13/h2-10H,11-12H2,1H3. The monoisotopic (exact) mass is 356 g/mol. The van der Waals surface area contributed by atoms with E-state index in [1.165, 1.54) is 11.8 Å². The van der Waals surface area contributed by atoms with Crippen LogP contribution in [-0.2, 0) is 16.1 Å². The number of hydrogen-bond acceptors (Lipinski definition) is 7. The number of benzene rings is 2. The van der Waals surface area contributed by atoms with Crippen LogP contribution in [0.25, 0.3) is 11.4 Å². The molecule has 3 rings (SSSR count). The summed E-state index contributed by atoms with van der Waals surface area (Å²) in [5.74, 6) is 1.15. The number of ether oxygens (including phenoxy) is 2.